The van der Waals surface area contributed by atoms with Gasteiger partial charge in [0.2, 0.25) is 11.8 Å². The molecule has 1 fully saturated rings. The largest absolute Gasteiger partial charge is 0.345 e. The number of anilines is 1. The first-order valence-corrected chi connectivity index (χ1v) is 6.90. The van der Waals surface area contributed by atoms with Crippen molar-refractivity contribution in [2.45, 2.75) is 26.3 Å². The molecule has 0 unspecified atom stereocenters. The van der Waals surface area contributed by atoms with Crippen LogP contribution >= 0.6 is 11.3 Å². The van der Waals surface area contributed by atoms with E-state index < -0.39 is 10.8 Å². The van der Waals surface area contributed by atoms with Gasteiger partial charge in [-0.15, -0.1) is 0 Å². The minimum absolute atomic E-state index is 0.0507. The Morgan fingerprint density at radius 1 is 1.65 bits per heavy atom. The molecule has 2 rings (SSSR count). The fourth-order valence-corrected chi connectivity index (χ4v) is 2.66. The lowest BCUT2D eigenvalue weighted by molar-refractivity contribution is -0.380. The normalized spacial score (nSPS) is 18.6. The highest BCUT2D eigenvalue weighted by molar-refractivity contribution is 7.18. The molecule has 108 valence electrons. The van der Waals surface area contributed by atoms with E-state index >= 15 is 0 Å². The van der Waals surface area contributed by atoms with Crippen molar-refractivity contribution >= 4 is 33.3 Å². The van der Waals surface area contributed by atoms with Crippen LogP contribution < -0.4 is 5.32 Å². The lowest BCUT2D eigenvalue weighted by atomic mass is 10.1. The Hall–Kier alpha value is -2.03. The Morgan fingerprint density at radius 2 is 2.35 bits per heavy atom. The number of hydrogen-bond donors (Lipinski definition) is 1. The van der Waals surface area contributed by atoms with Gasteiger partial charge >= 0.3 is 5.00 Å². The molecular formula is C11H14N4O4S. The molecule has 2 amide bonds. The monoisotopic (exact) mass is 298 g/mol. The van der Waals surface area contributed by atoms with Gasteiger partial charge < -0.3 is 10.2 Å². The first-order chi connectivity index (χ1) is 9.38. The molecule has 0 spiro atoms. The molecular weight excluding hydrogens is 284 g/mol. The summed E-state index contributed by atoms with van der Waals surface area (Å²) < 4.78 is 0. The Morgan fingerprint density at radius 3 is 2.85 bits per heavy atom. The second-order valence-corrected chi connectivity index (χ2v) is 5.80. The van der Waals surface area contributed by atoms with Crippen molar-refractivity contribution in [2.75, 3.05) is 11.9 Å². The van der Waals surface area contributed by atoms with E-state index in [0.29, 0.717) is 6.54 Å². The molecule has 0 saturated carbocycles. The van der Waals surface area contributed by atoms with Gasteiger partial charge in [0.05, 0.1) is 10.8 Å². The number of hydrogen-bond acceptors (Lipinski definition) is 6. The van der Waals surface area contributed by atoms with E-state index in [0.717, 1.165) is 17.5 Å². The van der Waals surface area contributed by atoms with Gasteiger partial charge in [-0.2, -0.15) is 0 Å². The Bertz CT molecular complexity index is 556. The van der Waals surface area contributed by atoms with E-state index in [1.807, 2.05) is 13.8 Å². The van der Waals surface area contributed by atoms with Crippen molar-refractivity contribution < 1.29 is 14.5 Å². The van der Waals surface area contributed by atoms with Crippen LogP contribution in [0.1, 0.15) is 20.3 Å². The summed E-state index contributed by atoms with van der Waals surface area (Å²) in [6, 6.07) is 0.0567. The Balaban J connectivity index is 1.98. The van der Waals surface area contributed by atoms with Gasteiger partial charge in [-0.3, -0.25) is 19.7 Å². The van der Waals surface area contributed by atoms with Gasteiger partial charge in [-0.05, 0) is 25.2 Å². The van der Waals surface area contributed by atoms with Gasteiger partial charge in [0.1, 0.15) is 6.20 Å². The topological polar surface area (TPSA) is 105 Å². The number of amides is 2. The van der Waals surface area contributed by atoms with Crippen LogP contribution in [0.2, 0.25) is 0 Å². The standard InChI is InChI=1S/C11H14N4O4S/c1-6(2)14-5-7(3-8(14)16)10(17)13-11-12-4-9(20-11)15(18)19/h4,6-7H,3,5H2,1-2H3,(H,12,13,17)/t7-/m1/s1. The van der Waals surface area contributed by atoms with E-state index in [1.165, 1.54) is 0 Å². The Labute approximate surface area is 118 Å². The quantitative estimate of drug-likeness (QED) is 0.665. The first kappa shape index (κ1) is 14.4. The molecule has 1 saturated heterocycles. The summed E-state index contributed by atoms with van der Waals surface area (Å²) >= 11 is 0.795. The van der Waals surface area contributed by atoms with E-state index in [-0.39, 0.29) is 34.4 Å². The maximum absolute atomic E-state index is 12.0. The average Bonchev–Trinajstić information content (AvgIpc) is 2.95. The third-order valence-electron chi connectivity index (χ3n) is 3.06. The molecule has 9 heteroatoms. The van der Waals surface area contributed by atoms with E-state index in [4.69, 9.17) is 0 Å². The molecule has 1 aromatic heterocycles. The van der Waals surface area contributed by atoms with E-state index in [2.05, 4.69) is 10.3 Å². The van der Waals surface area contributed by atoms with Crippen molar-refractivity contribution in [3.05, 3.63) is 16.3 Å². The lowest BCUT2D eigenvalue weighted by Gasteiger charge is -2.20. The molecule has 1 aromatic rings. The van der Waals surface area contributed by atoms with Gasteiger partial charge in [0.15, 0.2) is 5.13 Å². The minimum Gasteiger partial charge on any atom is -0.339 e. The Kier molecular flexibility index (Phi) is 3.98. The highest BCUT2D eigenvalue weighted by Gasteiger charge is 2.35. The van der Waals surface area contributed by atoms with E-state index in [9.17, 15) is 19.7 Å². The molecule has 20 heavy (non-hydrogen) atoms. The number of carbonyl (C=O) groups is 2. The number of aromatic nitrogens is 1. The van der Waals surface area contributed by atoms with Gasteiger partial charge in [-0.25, -0.2) is 4.98 Å². The minimum atomic E-state index is -0.563. The van der Waals surface area contributed by atoms with Crippen LogP contribution in [0.15, 0.2) is 6.20 Å². The number of likely N-dealkylation sites (tertiary alicyclic amines) is 1. The molecule has 0 bridgehead atoms. The maximum atomic E-state index is 12.0. The van der Waals surface area contributed by atoms with Crippen molar-refractivity contribution in [1.29, 1.82) is 0 Å². The van der Waals surface area contributed by atoms with Gasteiger partial charge in [0, 0.05) is 19.0 Å². The highest BCUT2D eigenvalue weighted by Crippen LogP contribution is 2.27. The summed E-state index contributed by atoms with van der Waals surface area (Å²) in [6.45, 7) is 4.15. The third-order valence-corrected chi connectivity index (χ3v) is 3.92. The number of thiazole rings is 1. The average molecular weight is 298 g/mol. The van der Waals surface area contributed by atoms with Crippen molar-refractivity contribution in [3.8, 4) is 0 Å². The summed E-state index contributed by atoms with van der Waals surface area (Å²) in [5, 5.41) is 13.1. The van der Waals surface area contributed by atoms with Crippen LogP contribution in [0.4, 0.5) is 10.1 Å². The van der Waals surface area contributed by atoms with Crippen LogP contribution in [-0.4, -0.2) is 39.2 Å². The summed E-state index contributed by atoms with van der Waals surface area (Å²) in [5.74, 6) is -0.816. The second-order valence-electron chi connectivity index (χ2n) is 4.79. The molecule has 1 atom stereocenters. The predicted molar refractivity (Wildman–Crippen MR) is 72.4 cm³/mol. The first-order valence-electron chi connectivity index (χ1n) is 6.09. The zero-order valence-corrected chi connectivity index (χ0v) is 11.8. The SMILES string of the molecule is CC(C)N1C[C@H](C(=O)Nc2ncc([N+](=O)[O-])s2)CC1=O. The van der Waals surface area contributed by atoms with Gasteiger partial charge in [0.25, 0.3) is 0 Å². The van der Waals surface area contributed by atoms with Crippen molar-refractivity contribution in [2.24, 2.45) is 5.92 Å². The molecule has 8 nitrogen and oxygen atoms in total. The molecule has 1 aliphatic heterocycles. The van der Waals surface area contributed by atoms with Crippen LogP contribution in [0.5, 0.6) is 0 Å². The number of rotatable bonds is 4. The molecule has 0 aliphatic carbocycles. The zero-order chi connectivity index (χ0) is 14.9. The van der Waals surface area contributed by atoms with Crippen molar-refractivity contribution in [1.82, 2.24) is 9.88 Å². The fraction of sp³-hybridized carbons (Fsp3) is 0.545. The van der Waals surface area contributed by atoms with Crippen LogP contribution in [-0.2, 0) is 9.59 Å². The molecule has 1 N–H and O–H groups in total. The summed E-state index contributed by atoms with van der Waals surface area (Å²) in [5.41, 5.74) is 0. The zero-order valence-electron chi connectivity index (χ0n) is 11.0. The summed E-state index contributed by atoms with van der Waals surface area (Å²) in [6.07, 6.45) is 1.26. The van der Waals surface area contributed by atoms with Crippen LogP contribution in [0, 0.1) is 16.0 Å². The smallest absolute Gasteiger partial charge is 0.339 e. The molecule has 0 aromatic carbocycles. The highest BCUT2D eigenvalue weighted by atomic mass is 32.1. The molecule has 2 heterocycles. The third kappa shape index (κ3) is 2.93. The van der Waals surface area contributed by atoms with E-state index in [1.54, 1.807) is 4.90 Å². The predicted octanol–water partition coefficient (Wildman–Crippen LogP) is 1.25. The number of carbonyl (C=O) groups excluding carboxylic acids is 2. The number of nitrogens with zero attached hydrogens (tertiary/aromatic N) is 3. The molecule has 1 aliphatic rings. The van der Waals surface area contributed by atoms with Gasteiger partial charge in [-0.1, -0.05) is 0 Å². The maximum Gasteiger partial charge on any atom is 0.345 e. The van der Waals surface area contributed by atoms with Crippen LogP contribution in [0.25, 0.3) is 0 Å². The van der Waals surface area contributed by atoms with Crippen molar-refractivity contribution in [3.63, 3.8) is 0 Å². The van der Waals surface area contributed by atoms with Crippen LogP contribution in [0.3, 0.4) is 0 Å². The molecule has 0 radical (unpaired) electrons. The second kappa shape index (κ2) is 5.53. The summed E-state index contributed by atoms with van der Waals surface area (Å²) in [4.78, 5) is 39.1. The fourth-order valence-electron chi connectivity index (χ4n) is 2.02. The summed E-state index contributed by atoms with van der Waals surface area (Å²) in [7, 11) is 0. The lowest BCUT2D eigenvalue weighted by Crippen LogP contribution is -2.33. The number of nitrogens with one attached hydrogen (secondary N) is 1. The number of nitro groups is 1.